The fourth-order valence-electron chi connectivity index (χ4n) is 1.77. The van der Waals surface area contributed by atoms with Crippen molar-refractivity contribution in [2.75, 3.05) is 18.5 Å². The number of anilines is 1. The van der Waals surface area contributed by atoms with Crippen molar-refractivity contribution < 1.29 is 9.53 Å². The topological polar surface area (TPSA) is 50.4 Å². The molecule has 1 heterocycles. The smallest absolute Gasteiger partial charge is 0.251 e. The Labute approximate surface area is 100 Å². The summed E-state index contributed by atoms with van der Waals surface area (Å²) in [6, 6.07) is 8.44. The summed E-state index contributed by atoms with van der Waals surface area (Å²) in [4.78, 5) is 11.7. The first-order valence-corrected chi connectivity index (χ1v) is 6.06. The minimum Gasteiger partial charge on any atom is -0.378 e. The molecular formula is C13H16N2O2. The molecular weight excluding hydrogens is 216 g/mol. The molecule has 2 fully saturated rings. The summed E-state index contributed by atoms with van der Waals surface area (Å²) < 4.78 is 5.09. The molecule has 2 N–H and O–H groups in total. The molecule has 0 spiro atoms. The number of ether oxygens (including phenoxy) is 1. The van der Waals surface area contributed by atoms with Crippen molar-refractivity contribution in [1.29, 1.82) is 0 Å². The maximum Gasteiger partial charge on any atom is 0.251 e. The molecule has 17 heavy (non-hydrogen) atoms. The van der Waals surface area contributed by atoms with Crippen LogP contribution in [-0.2, 0) is 4.74 Å². The van der Waals surface area contributed by atoms with Gasteiger partial charge in [0.15, 0.2) is 0 Å². The van der Waals surface area contributed by atoms with E-state index < -0.39 is 0 Å². The van der Waals surface area contributed by atoms with Gasteiger partial charge in [0.1, 0.15) is 0 Å². The van der Waals surface area contributed by atoms with Crippen molar-refractivity contribution >= 4 is 11.6 Å². The largest absolute Gasteiger partial charge is 0.378 e. The van der Waals surface area contributed by atoms with Crippen LogP contribution in [-0.4, -0.2) is 31.2 Å². The normalized spacial score (nSPS) is 19.5. The Bertz CT molecular complexity index is 408. The van der Waals surface area contributed by atoms with Crippen LogP contribution in [0.3, 0.4) is 0 Å². The highest BCUT2D eigenvalue weighted by atomic mass is 16.5. The van der Waals surface area contributed by atoms with Crippen LogP contribution in [0.5, 0.6) is 0 Å². The van der Waals surface area contributed by atoms with Gasteiger partial charge in [0.05, 0.1) is 19.3 Å². The molecule has 1 aromatic rings. The molecule has 3 rings (SSSR count). The SMILES string of the molecule is O=C(NC1CC1)c1ccc(NC2COC2)cc1. The van der Waals surface area contributed by atoms with Crippen LogP contribution in [0.15, 0.2) is 24.3 Å². The first-order chi connectivity index (χ1) is 8.31. The fraction of sp³-hybridized carbons (Fsp3) is 0.462. The molecule has 1 aliphatic heterocycles. The summed E-state index contributed by atoms with van der Waals surface area (Å²) in [7, 11) is 0. The van der Waals surface area contributed by atoms with Crippen LogP contribution >= 0.6 is 0 Å². The zero-order chi connectivity index (χ0) is 11.7. The van der Waals surface area contributed by atoms with Crippen LogP contribution < -0.4 is 10.6 Å². The van der Waals surface area contributed by atoms with E-state index in [1.54, 1.807) is 0 Å². The van der Waals surface area contributed by atoms with E-state index in [-0.39, 0.29) is 5.91 Å². The van der Waals surface area contributed by atoms with Gasteiger partial charge in [-0.3, -0.25) is 4.79 Å². The Hall–Kier alpha value is -1.55. The molecule has 4 nitrogen and oxygen atoms in total. The summed E-state index contributed by atoms with van der Waals surface area (Å²) >= 11 is 0. The molecule has 1 aromatic carbocycles. The van der Waals surface area contributed by atoms with E-state index in [9.17, 15) is 4.79 Å². The van der Waals surface area contributed by atoms with Crippen LogP contribution in [0.2, 0.25) is 0 Å². The van der Waals surface area contributed by atoms with E-state index in [4.69, 9.17) is 4.74 Å². The number of hydrogen-bond donors (Lipinski definition) is 2. The van der Waals surface area contributed by atoms with Crippen molar-refractivity contribution in [2.24, 2.45) is 0 Å². The van der Waals surface area contributed by atoms with Gasteiger partial charge < -0.3 is 15.4 Å². The minimum absolute atomic E-state index is 0.0334. The van der Waals surface area contributed by atoms with Crippen LogP contribution in [0.1, 0.15) is 23.2 Å². The Morgan fingerprint density at radius 3 is 2.35 bits per heavy atom. The minimum atomic E-state index is 0.0334. The lowest BCUT2D eigenvalue weighted by Crippen LogP contribution is -2.40. The standard InChI is InChI=1S/C13H16N2O2/c16-13(15-11-5-6-11)9-1-3-10(4-2-9)14-12-7-17-8-12/h1-4,11-12,14H,5-8H2,(H,15,16). The van der Waals surface area contributed by atoms with Gasteiger partial charge >= 0.3 is 0 Å². The van der Waals surface area contributed by atoms with E-state index in [0.29, 0.717) is 12.1 Å². The molecule has 4 heteroatoms. The summed E-state index contributed by atoms with van der Waals surface area (Å²) in [6.45, 7) is 1.54. The number of rotatable bonds is 4. The molecule has 0 aromatic heterocycles. The molecule has 1 saturated carbocycles. The lowest BCUT2D eigenvalue weighted by Gasteiger charge is -2.27. The summed E-state index contributed by atoms with van der Waals surface area (Å²) in [5.74, 6) is 0.0334. The molecule has 0 atom stereocenters. The fourth-order valence-corrected chi connectivity index (χ4v) is 1.77. The Morgan fingerprint density at radius 2 is 1.82 bits per heavy atom. The lowest BCUT2D eigenvalue weighted by molar-refractivity contribution is 0.0211. The molecule has 0 radical (unpaired) electrons. The third kappa shape index (κ3) is 2.58. The van der Waals surface area contributed by atoms with E-state index in [0.717, 1.165) is 37.3 Å². The first-order valence-electron chi connectivity index (χ1n) is 6.06. The Balaban J connectivity index is 1.59. The van der Waals surface area contributed by atoms with Gasteiger partial charge in [0.25, 0.3) is 5.91 Å². The molecule has 0 unspecified atom stereocenters. The van der Waals surface area contributed by atoms with Gasteiger partial charge in [0.2, 0.25) is 0 Å². The van der Waals surface area contributed by atoms with Crippen molar-refractivity contribution in [1.82, 2.24) is 5.32 Å². The molecule has 2 aliphatic rings. The van der Waals surface area contributed by atoms with E-state index in [1.165, 1.54) is 0 Å². The number of nitrogens with one attached hydrogen (secondary N) is 2. The zero-order valence-corrected chi connectivity index (χ0v) is 9.61. The van der Waals surface area contributed by atoms with Crippen LogP contribution in [0, 0.1) is 0 Å². The molecule has 1 saturated heterocycles. The van der Waals surface area contributed by atoms with Crippen molar-refractivity contribution in [2.45, 2.75) is 24.9 Å². The highest BCUT2D eigenvalue weighted by molar-refractivity contribution is 5.94. The zero-order valence-electron chi connectivity index (χ0n) is 9.61. The summed E-state index contributed by atoms with van der Waals surface area (Å²) in [5.41, 5.74) is 1.77. The van der Waals surface area contributed by atoms with Gasteiger partial charge in [-0.15, -0.1) is 0 Å². The predicted octanol–water partition coefficient (Wildman–Crippen LogP) is 1.39. The van der Waals surface area contributed by atoms with Crippen LogP contribution in [0.4, 0.5) is 5.69 Å². The van der Waals surface area contributed by atoms with Gasteiger partial charge in [-0.25, -0.2) is 0 Å². The monoisotopic (exact) mass is 232 g/mol. The van der Waals surface area contributed by atoms with Crippen LogP contribution in [0.25, 0.3) is 0 Å². The number of carbonyl (C=O) groups excluding carboxylic acids is 1. The van der Waals surface area contributed by atoms with Gasteiger partial charge in [0, 0.05) is 17.3 Å². The first kappa shape index (κ1) is 10.6. The highest BCUT2D eigenvalue weighted by Crippen LogP contribution is 2.20. The Morgan fingerprint density at radius 1 is 1.12 bits per heavy atom. The van der Waals surface area contributed by atoms with Gasteiger partial charge in [-0.2, -0.15) is 0 Å². The van der Waals surface area contributed by atoms with E-state index >= 15 is 0 Å². The summed E-state index contributed by atoms with van der Waals surface area (Å²) in [5, 5.41) is 6.31. The van der Waals surface area contributed by atoms with Crippen molar-refractivity contribution in [3.8, 4) is 0 Å². The van der Waals surface area contributed by atoms with E-state index in [1.807, 2.05) is 24.3 Å². The van der Waals surface area contributed by atoms with E-state index in [2.05, 4.69) is 10.6 Å². The van der Waals surface area contributed by atoms with Crippen molar-refractivity contribution in [3.63, 3.8) is 0 Å². The second kappa shape index (κ2) is 4.37. The third-order valence-corrected chi connectivity index (χ3v) is 3.07. The maximum absolute atomic E-state index is 11.7. The molecule has 0 bridgehead atoms. The number of benzene rings is 1. The average Bonchev–Trinajstić information content (AvgIpc) is 3.08. The maximum atomic E-state index is 11.7. The molecule has 1 amide bonds. The Kier molecular flexibility index (Phi) is 2.73. The second-order valence-electron chi connectivity index (χ2n) is 4.70. The second-order valence-corrected chi connectivity index (χ2v) is 4.70. The molecule has 90 valence electrons. The number of carbonyl (C=O) groups is 1. The predicted molar refractivity (Wildman–Crippen MR) is 65.2 cm³/mol. The highest BCUT2D eigenvalue weighted by Gasteiger charge is 2.23. The van der Waals surface area contributed by atoms with Gasteiger partial charge in [-0.1, -0.05) is 0 Å². The lowest BCUT2D eigenvalue weighted by atomic mass is 10.1. The summed E-state index contributed by atoms with van der Waals surface area (Å²) in [6.07, 6.45) is 2.24. The quantitative estimate of drug-likeness (QED) is 0.824. The number of hydrogen-bond acceptors (Lipinski definition) is 3. The van der Waals surface area contributed by atoms with Crippen molar-refractivity contribution in [3.05, 3.63) is 29.8 Å². The van der Waals surface area contributed by atoms with Gasteiger partial charge in [-0.05, 0) is 37.1 Å². The number of amides is 1. The average molecular weight is 232 g/mol. The molecule has 1 aliphatic carbocycles. The third-order valence-electron chi connectivity index (χ3n) is 3.07.